The summed E-state index contributed by atoms with van der Waals surface area (Å²) < 4.78 is 0. The van der Waals surface area contributed by atoms with Gasteiger partial charge in [0.25, 0.3) is 0 Å². The molecule has 0 spiro atoms. The predicted molar refractivity (Wildman–Crippen MR) is 80.9 cm³/mol. The van der Waals surface area contributed by atoms with Crippen molar-refractivity contribution in [3.05, 3.63) is 0 Å². The highest BCUT2D eigenvalue weighted by molar-refractivity contribution is 5.79. The van der Waals surface area contributed by atoms with Gasteiger partial charge in [-0.3, -0.25) is 4.79 Å². The van der Waals surface area contributed by atoms with E-state index < -0.39 is 0 Å². The van der Waals surface area contributed by atoms with Crippen molar-refractivity contribution in [2.45, 2.75) is 71.8 Å². The van der Waals surface area contributed by atoms with E-state index in [0.717, 1.165) is 51.6 Å². The van der Waals surface area contributed by atoms with Gasteiger partial charge >= 0.3 is 0 Å². The molecule has 0 radical (unpaired) electrons. The lowest BCUT2D eigenvalue weighted by Crippen LogP contribution is -2.49. The highest BCUT2D eigenvalue weighted by Crippen LogP contribution is 2.29. The zero-order valence-electron chi connectivity index (χ0n) is 13.0. The molecule has 3 atom stereocenters. The lowest BCUT2D eigenvalue weighted by atomic mass is 9.77. The molecule has 0 heterocycles. The number of nitrogens with two attached hydrogens (primary N) is 1. The second kappa shape index (κ2) is 8.57. The number of rotatable bonds is 7. The molecule has 0 saturated heterocycles. The van der Waals surface area contributed by atoms with Crippen LogP contribution >= 0.6 is 0 Å². The maximum absolute atomic E-state index is 12.7. The van der Waals surface area contributed by atoms with Crippen LogP contribution in [0.15, 0.2) is 0 Å². The molecule has 2 N–H and O–H groups in total. The Balaban J connectivity index is 2.62. The van der Waals surface area contributed by atoms with Crippen molar-refractivity contribution < 1.29 is 4.79 Å². The number of hydrogen-bond acceptors (Lipinski definition) is 2. The molecule has 1 amide bonds. The van der Waals surface area contributed by atoms with Gasteiger partial charge in [0.2, 0.25) is 5.91 Å². The van der Waals surface area contributed by atoms with E-state index in [2.05, 4.69) is 25.7 Å². The summed E-state index contributed by atoms with van der Waals surface area (Å²) in [6, 6.07) is 0.0620. The zero-order valence-corrected chi connectivity index (χ0v) is 13.0. The minimum atomic E-state index is 0.0620. The Labute approximate surface area is 118 Å². The molecule has 19 heavy (non-hydrogen) atoms. The van der Waals surface area contributed by atoms with Crippen LogP contribution in [0.4, 0.5) is 0 Å². The third kappa shape index (κ3) is 4.79. The van der Waals surface area contributed by atoms with Gasteiger partial charge in [-0.25, -0.2) is 0 Å². The SMILES string of the molecule is CCCCN(CCCC)C(=O)C1CCCC(C)C1N. The predicted octanol–water partition coefficient (Wildman–Crippen LogP) is 3.18. The molecule has 3 unspecified atom stereocenters. The standard InChI is InChI=1S/C16H32N2O/c1-4-6-11-18(12-7-5-2)16(19)14-10-8-9-13(3)15(14)17/h13-15H,4-12,17H2,1-3H3. The Bertz CT molecular complexity index is 259. The van der Waals surface area contributed by atoms with Gasteiger partial charge in [0.15, 0.2) is 0 Å². The minimum Gasteiger partial charge on any atom is -0.342 e. The number of unbranched alkanes of at least 4 members (excludes halogenated alkanes) is 2. The molecule has 0 aromatic heterocycles. The van der Waals surface area contributed by atoms with Crippen LogP contribution in [0.3, 0.4) is 0 Å². The maximum Gasteiger partial charge on any atom is 0.227 e. The molecule has 3 nitrogen and oxygen atoms in total. The van der Waals surface area contributed by atoms with E-state index in [4.69, 9.17) is 5.73 Å². The van der Waals surface area contributed by atoms with E-state index in [-0.39, 0.29) is 12.0 Å². The van der Waals surface area contributed by atoms with Crippen molar-refractivity contribution in [3.63, 3.8) is 0 Å². The molecule has 3 heteroatoms. The van der Waals surface area contributed by atoms with Gasteiger partial charge in [0.05, 0.1) is 5.92 Å². The van der Waals surface area contributed by atoms with E-state index in [9.17, 15) is 4.79 Å². The molecular formula is C16H32N2O. The summed E-state index contributed by atoms with van der Waals surface area (Å²) in [6.45, 7) is 8.36. The first-order chi connectivity index (χ1) is 9.11. The van der Waals surface area contributed by atoms with E-state index in [0.29, 0.717) is 11.8 Å². The van der Waals surface area contributed by atoms with Gasteiger partial charge in [0.1, 0.15) is 0 Å². The van der Waals surface area contributed by atoms with E-state index in [1.54, 1.807) is 0 Å². The van der Waals surface area contributed by atoms with Crippen LogP contribution in [0.1, 0.15) is 65.7 Å². The Kier molecular flexibility index (Phi) is 7.44. The normalized spacial score (nSPS) is 27.3. The summed E-state index contributed by atoms with van der Waals surface area (Å²) in [5, 5.41) is 0. The van der Waals surface area contributed by atoms with Gasteiger partial charge in [0, 0.05) is 19.1 Å². The van der Waals surface area contributed by atoms with Crippen molar-refractivity contribution in [1.29, 1.82) is 0 Å². The Morgan fingerprint density at radius 3 is 2.26 bits per heavy atom. The largest absolute Gasteiger partial charge is 0.342 e. The molecule has 112 valence electrons. The maximum atomic E-state index is 12.7. The van der Waals surface area contributed by atoms with Crippen molar-refractivity contribution in [1.82, 2.24) is 4.90 Å². The highest BCUT2D eigenvalue weighted by Gasteiger charge is 2.34. The van der Waals surface area contributed by atoms with Gasteiger partial charge in [-0.1, -0.05) is 40.0 Å². The Hall–Kier alpha value is -0.570. The van der Waals surface area contributed by atoms with Crippen LogP contribution in [0.25, 0.3) is 0 Å². The van der Waals surface area contributed by atoms with E-state index in [1.807, 2.05) is 0 Å². The molecule has 1 aliphatic rings. The summed E-state index contributed by atoms with van der Waals surface area (Å²) in [5.74, 6) is 0.875. The average molecular weight is 268 g/mol. The molecule has 1 aliphatic carbocycles. The quantitative estimate of drug-likeness (QED) is 0.771. The molecule has 0 aromatic carbocycles. The second-order valence-electron chi connectivity index (χ2n) is 6.12. The van der Waals surface area contributed by atoms with Crippen molar-refractivity contribution >= 4 is 5.91 Å². The number of nitrogens with zero attached hydrogens (tertiary/aromatic N) is 1. The molecular weight excluding hydrogens is 236 g/mol. The Morgan fingerprint density at radius 1 is 1.16 bits per heavy atom. The summed E-state index contributed by atoms with van der Waals surface area (Å²) in [5.41, 5.74) is 6.27. The van der Waals surface area contributed by atoms with Crippen molar-refractivity contribution in [2.24, 2.45) is 17.6 Å². The van der Waals surface area contributed by atoms with E-state index in [1.165, 1.54) is 6.42 Å². The fourth-order valence-corrected chi connectivity index (χ4v) is 2.99. The Morgan fingerprint density at radius 2 is 1.74 bits per heavy atom. The second-order valence-corrected chi connectivity index (χ2v) is 6.12. The molecule has 1 fully saturated rings. The van der Waals surface area contributed by atoms with Crippen LogP contribution in [0.5, 0.6) is 0 Å². The highest BCUT2D eigenvalue weighted by atomic mass is 16.2. The number of carbonyl (C=O) groups excluding carboxylic acids is 1. The summed E-state index contributed by atoms with van der Waals surface area (Å²) >= 11 is 0. The topological polar surface area (TPSA) is 46.3 Å². The first-order valence-corrected chi connectivity index (χ1v) is 8.16. The fraction of sp³-hybridized carbons (Fsp3) is 0.938. The smallest absolute Gasteiger partial charge is 0.227 e. The molecule has 0 aromatic rings. The van der Waals surface area contributed by atoms with Crippen LogP contribution in [0.2, 0.25) is 0 Å². The third-order valence-electron chi connectivity index (χ3n) is 4.49. The number of carbonyl (C=O) groups is 1. The van der Waals surface area contributed by atoms with Crippen molar-refractivity contribution in [3.8, 4) is 0 Å². The van der Waals surface area contributed by atoms with E-state index >= 15 is 0 Å². The van der Waals surface area contributed by atoms with Crippen LogP contribution in [0, 0.1) is 11.8 Å². The molecule has 0 aliphatic heterocycles. The zero-order chi connectivity index (χ0) is 14.3. The summed E-state index contributed by atoms with van der Waals surface area (Å²) in [7, 11) is 0. The summed E-state index contributed by atoms with van der Waals surface area (Å²) in [4.78, 5) is 14.8. The van der Waals surface area contributed by atoms with Gasteiger partial charge in [-0.15, -0.1) is 0 Å². The van der Waals surface area contributed by atoms with Crippen LogP contribution in [-0.2, 0) is 4.79 Å². The van der Waals surface area contributed by atoms with Gasteiger partial charge in [-0.05, 0) is 31.6 Å². The lowest BCUT2D eigenvalue weighted by Gasteiger charge is -2.36. The number of hydrogen-bond donors (Lipinski definition) is 1. The molecule has 1 rings (SSSR count). The average Bonchev–Trinajstić information content (AvgIpc) is 2.41. The van der Waals surface area contributed by atoms with Crippen LogP contribution < -0.4 is 5.73 Å². The fourth-order valence-electron chi connectivity index (χ4n) is 2.99. The van der Waals surface area contributed by atoms with Crippen LogP contribution in [-0.4, -0.2) is 29.9 Å². The van der Waals surface area contributed by atoms with Gasteiger partial charge < -0.3 is 10.6 Å². The third-order valence-corrected chi connectivity index (χ3v) is 4.49. The number of amides is 1. The van der Waals surface area contributed by atoms with Crippen molar-refractivity contribution in [2.75, 3.05) is 13.1 Å². The summed E-state index contributed by atoms with van der Waals surface area (Å²) in [6.07, 6.45) is 7.81. The molecule has 0 bridgehead atoms. The lowest BCUT2D eigenvalue weighted by molar-refractivity contribution is -0.138. The minimum absolute atomic E-state index is 0.0620. The monoisotopic (exact) mass is 268 g/mol. The first-order valence-electron chi connectivity index (χ1n) is 8.16. The van der Waals surface area contributed by atoms with Gasteiger partial charge in [-0.2, -0.15) is 0 Å². The first kappa shape index (κ1) is 16.5. The molecule has 1 saturated carbocycles.